The van der Waals surface area contributed by atoms with Gasteiger partial charge in [0.15, 0.2) is 0 Å². The Balaban J connectivity index is 2.20. The number of amides is 1. The maximum absolute atomic E-state index is 11.8. The molecule has 3 rings (SSSR count). The van der Waals surface area contributed by atoms with Crippen LogP contribution in [0.2, 0.25) is 0 Å². The first-order valence-electron chi connectivity index (χ1n) is 8.68. The summed E-state index contributed by atoms with van der Waals surface area (Å²) in [6, 6.07) is 15.9. The van der Waals surface area contributed by atoms with Gasteiger partial charge in [-0.2, -0.15) is 0 Å². The molecule has 4 nitrogen and oxygen atoms in total. The predicted octanol–water partition coefficient (Wildman–Crippen LogP) is 4.60. The molecule has 4 heteroatoms. The fourth-order valence-corrected chi connectivity index (χ4v) is 3.22. The summed E-state index contributed by atoms with van der Waals surface area (Å²) in [7, 11) is 0. The molecule has 3 N–H and O–H groups in total. The molecule has 0 bridgehead atoms. The Kier molecular flexibility index (Phi) is 4.85. The Bertz CT molecular complexity index is 940. The van der Waals surface area contributed by atoms with Crippen molar-refractivity contribution >= 4 is 16.7 Å². The highest BCUT2D eigenvalue weighted by molar-refractivity contribution is 5.90. The van der Waals surface area contributed by atoms with Crippen molar-refractivity contribution in [1.29, 1.82) is 0 Å². The van der Waals surface area contributed by atoms with E-state index in [1.807, 2.05) is 24.3 Å². The van der Waals surface area contributed by atoms with Crippen molar-refractivity contribution in [2.75, 3.05) is 0 Å². The van der Waals surface area contributed by atoms with E-state index in [2.05, 4.69) is 19.2 Å². The fraction of sp³-hybridized carbons (Fsp3) is 0.227. The van der Waals surface area contributed by atoms with E-state index < -0.39 is 6.04 Å². The van der Waals surface area contributed by atoms with E-state index in [0.29, 0.717) is 16.9 Å². The van der Waals surface area contributed by atoms with Gasteiger partial charge in [0.05, 0.1) is 6.04 Å². The molecule has 0 heterocycles. The van der Waals surface area contributed by atoms with Crippen LogP contribution < -0.4 is 5.32 Å². The van der Waals surface area contributed by atoms with Crippen LogP contribution in [0.5, 0.6) is 11.5 Å². The van der Waals surface area contributed by atoms with Gasteiger partial charge in [-0.3, -0.25) is 4.79 Å². The van der Waals surface area contributed by atoms with Crippen molar-refractivity contribution in [3.63, 3.8) is 0 Å². The average molecular weight is 349 g/mol. The number of rotatable bonds is 4. The number of hydrogen-bond acceptors (Lipinski definition) is 3. The smallest absolute Gasteiger partial charge is 0.217 e. The monoisotopic (exact) mass is 349 g/mol. The molecular weight excluding hydrogens is 326 g/mol. The average Bonchev–Trinajstić information content (AvgIpc) is 2.60. The molecule has 0 aromatic heterocycles. The third kappa shape index (κ3) is 3.49. The van der Waals surface area contributed by atoms with Gasteiger partial charge in [-0.05, 0) is 46.0 Å². The van der Waals surface area contributed by atoms with Crippen LogP contribution in [-0.4, -0.2) is 16.1 Å². The number of fused-ring (bicyclic) bond motifs is 1. The summed E-state index contributed by atoms with van der Waals surface area (Å²) in [5.74, 6) is 0.404. The number of hydrogen-bond donors (Lipinski definition) is 3. The van der Waals surface area contributed by atoms with Crippen molar-refractivity contribution in [2.24, 2.45) is 0 Å². The molecule has 0 aliphatic carbocycles. The molecule has 0 spiro atoms. The summed E-state index contributed by atoms with van der Waals surface area (Å²) in [4.78, 5) is 11.8. The molecule has 1 atom stereocenters. The topological polar surface area (TPSA) is 69.6 Å². The second kappa shape index (κ2) is 7.08. The Morgan fingerprint density at radius 2 is 1.54 bits per heavy atom. The molecule has 0 saturated heterocycles. The number of phenolic OH excluding ortho intramolecular Hbond substituents is 2. The Morgan fingerprint density at radius 1 is 0.923 bits per heavy atom. The van der Waals surface area contributed by atoms with Gasteiger partial charge < -0.3 is 15.5 Å². The molecule has 1 unspecified atom stereocenters. The van der Waals surface area contributed by atoms with Gasteiger partial charge in [-0.1, -0.05) is 50.2 Å². The highest BCUT2D eigenvalue weighted by atomic mass is 16.3. The fourth-order valence-electron chi connectivity index (χ4n) is 3.22. The van der Waals surface area contributed by atoms with Gasteiger partial charge in [0, 0.05) is 12.5 Å². The summed E-state index contributed by atoms with van der Waals surface area (Å²) in [5.41, 5.74) is 2.65. The summed E-state index contributed by atoms with van der Waals surface area (Å²) < 4.78 is 0. The van der Waals surface area contributed by atoms with Crippen molar-refractivity contribution in [1.82, 2.24) is 5.32 Å². The van der Waals surface area contributed by atoms with Crippen molar-refractivity contribution in [2.45, 2.75) is 32.7 Å². The minimum atomic E-state index is -0.515. The Morgan fingerprint density at radius 3 is 2.15 bits per heavy atom. The van der Waals surface area contributed by atoms with Crippen LogP contribution in [0.3, 0.4) is 0 Å². The zero-order valence-electron chi connectivity index (χ0n) is 15.2. The van der Waals surface area contributed by atoms with Crippen LogP contribution in [0, 0.1) is 0 Å². The number of carbonyl (C=O) groups excluding carboxylic acids is 1. The molecule has 0 aliphatic heterocycles. The SMILES string of the molecule is CC(=O)NC(c1ccc(C(C)C)cc1)c1c(O)ccc2ccc(O)cc12. The van der Waals surface area contributed by atoms with Gasteiger partial charge in [0.2, 0.25) is 5.91 Å². The molecule has 0 fully saturated rings. The van der Waals surface area contributed by atoms with E-state index in [-0.39, 0.29) is 17.4 Å². The van der Waals surface area contributed by atoms with Crippen molar-refractivity contribution in [3.05, 3.63) is 71.3 Å². The molecular formula is C22H23NO3. The third-order valence-electron chi connectivity index (χ3n) is 4.60. The zero-order valence-corrected chi connectivity index (χ0v) is 15.2. The van der Waals surface area contributed by atoms with E-state index in [0.717, 1.165) is 10.9 Å². The van der Waals surface area contributed by atoms with Crippen LogP contribution in [0.4, 0.5) is 0 Å². The molecule has 134 valence electrons. The lowest BCUT2D eigenvalue weighted by atomic mass is 9.91. The van der Waals surface area contributed by atoms with Gasteiger partial charge >= 0.3 is 0 Å². The first-order chi connectivity index (χ1) is 12.4. The number of nitrogens with one attached hydrogen (secondary N) is 1. The van der Waals surface area contributed by atoms with E-state index in [1.54, 1.807) is 30.3 Å². The minimum absolute atomic E-state index is 0.0785. The molecule has 26 heavy (non-hydrogen) atoms. The van der Waals surface area contributed by atoms with Crippen LogP contribution in [0.15, 0.2) is 54.6 Å². The standard InChI is InChI=1S/C22H23NO3/c1-13(2)15-4-6-17(7-5-15)22(23-14(3)24)21-19-12-18(25)10-8-16(19)9-11-20(21)26/h4-13,22,25-26H,1-3H3,(H,23,24). The van der Waals surface area contributed by atoms with Gasteiger partial charge in [-0.25, -0.2) is 0 Å². The van der Waals surface area contributed by atoms with Gasteiger partial charge in [0.1, 0.15) is 11.5 Å². The lowest BCUT2D eigenvalue weighted by molar-refractivity contribution is -0.119. The molecule has 3 aromatic carbocycles. The summed E-state index contributed by atoms with van der Waals surface area (Å²) >= 11 is 0. The Labute approximate surface area is 153 Å². The van der Waals surface area contributed by atoms with Crippen molar-refractivity contribution < 1.29 is 15.0 Å². The summed E-state index contributed by atoms with van der Waals surface area (Å²) in [5, 5.41) is 25.0. The first-order valence-corrected chi connectivity index (χ1v) is 8.68. The highest BCUT2D eigenvalue weighted by Gasteiger charge is 2.22. The molecule has 0 radical (unpaired) electrons. The maximum Gasteiger partial charge on any atom is 0.217 e. The lowest BCUT2D eigenvalue weighted by Gasteiger charge is -2.22. The lowest BCUT2D eigenvalue weighted by Crippen LogP contribution is -2.27. The summed E-state index contributed by atoms with van der Waals surface area (Å²) in [6.07, 6.45) is 0. The number of benzene rings is 3. The largest absolute Gasteiger partial charge is 0.508 e. The number of aromatic hydroxyl groups is 2. The molecule has 3 aromatic rings. The second-order valence-corrected chi connectivity index (χ2v) is 6.86. The highest BCUT2D eigenvalue weighted by Crippen LogP contribution is 2.37. The van der Waals surface area contributed by atoms with E-state index in [4.69, 9.17) is 0 Å². The molecule has 0 aliphatic rings. The van der Waals surface area contributed by atoms with Crippen LogP contribution in [0.1, 0.15) is 49.4 Å². The van der Waals surface area contributed by atoms with Crippen LogP contribution >= 0.6 is 0 Å². The quantitative estimate of drug-likeness (QED) is 0.645. The Hall–Kier alpha value is -3.01. The predicted molar refractivity (Wildman–Crippen MR) is 103 cm³/mol. The third-order valence-corrected chi connectivity index (χ3v) is 4.60. The normalized spacial score (nSPS) is 12.3. The van der Waals surface area contributed by atoms with E-state index in [9.17, 15) is 15.0 Å². The minimum Gasteiger partial charge on any atom is -0.508 e. The number of phenols is 2. The van der Waals surface area contributed by atoms with Crippen molar-refractivity contribution in [3.8, 4) is 11.5 Å². The van der Waals surface area contributed by atoms with Gasteiger partial charge in [0.25, 0.3) is 0 Å². The van der Waals surface area contributed by atoms with Gasteiger partial charge in [-0.15, -0.1) is 0 Å². The molecule has 0 saturated carbocycles. The van der Waals surface area contributed by atoms with Crippen LogP contribution in [-0.2, 0) is 4.79 Å². The first kappa shape index (κ1) is 17.8. The summed E-state index contributed by atoms with van der Waals surface area (Å²) in [6.45, 7) is 5.70. The zero-order chi connectivity index (χ0) is 18.8. The maximum atomic E-state index is 11.8. The van der Waals surface area contributed by atoms with Crippen LogP contribution in [0.25, 0.3) is 10.8 Å². The van der Waals surface area contributed by atoms with E-state index in [1.165, 1.54) is 12.5 Å². The second-order valence-electron chi connectivity index (χ2n) is 6.86. The number of carbonyl (C=O) groups is 1. The van der Waals surface area contributed by atoms with E-state index >= 15 is 0 Å². The molecule has 1 amide bonds.